The van der Waals surface area contributed by atoms with Crippen LogP contribution in [0.5, 0.6) is 0 Å². The topological polar surface area (TPSA) is 71.1 Å². The van der Waals surface area contributed by atoms with Gasteiger partial charge in [0.2, 0.25) is 0 Å². The minimum atomic E-state index is -0.437. The van der Waals surface area contributed by atoms with E-state index < -0.39 is 11.9 Å². The Hall–Kier alpha value is -1.92. The van der Waals surface area contributed by atoms with E-state index in [1.807, 2.05) is 0 Å². The summed E-state index contributed by atoms with van der Waals surface area (Å²) in [7, 11) is 0. The minimum Gasteiger partial charge on any atom is -0.460 e. The molecule has 0 amide bonds. The van der Waals surface area contributed by atoms with E-state index in [1.165, 1.54) is 0 Å². The molecule has 0 bridgehead atoms. The molecule has 0 aliphatic heterocycles. The Labute approximate surface area is 219 Å². The SMILES string of the molecule is CCCCC(OCCOC(=O)c1ccc(C(=O)OCCOC(CCCC)C(C)(C)C)cc1)C(C)(C)C. The summed E-state index contributed by atoms with van der Waals surface area (Å²) in [6.07, 6.45) is 6.71. The van der Waals surface area contributed by atoms with Crippen molar-refractivity contribution in [3.8, 4) is 0 Å². The van der Waals surface area contributed by atoms with Gasteiger partial charge in [0.15, 0.2) is 0 Å². The number of ether oxygens (including phenoxy) is 4. The Morgan fingerprint density at radius 3 is 1.25 bits per heavy atom. The van der Waals surface area contributed by atoms with Gasteiger partial charge in [0.1, 0.15) is 13.2 Å². The number of rotatable bonds is 16. The summed E-state index contributed by atoms with van der Waals surface area (Å²) in [5.41, 5.74) is 0.854. The first-order chi connectivity index (χ1) is 16.9. The normalized spacial score (nSPS) is 13.8. The van der Waals surface area contributed by atoms with Gasteiger partial charge in [-0.15, -0.1) is 0 Å². The van der Waals surface area contributed by atoms with Crippen LogP contribution >= 0.6 is 0 Å². The summed E-state index contributed by atoms with van der Waals surface area (Å²) in [6.45, 7) is 18.4. The highest BCUT2D eigenvalue weighted by Gasteiger charge is 2.25. The van der Waals surface area contributed by atoms with E-state index in [0.29, 0.717) is 24.3 Å². The van der Waals surface area contributed by atoms with Gasteiger partial charge >= 0.3 is 11.9 Å². The van der Waals surface area contributed by atoms with Gasteiger partial charge < -0.3 is 18.9 Å². The van der Waals surface area contributed by atoms with Crippen LogP contribution in [0.2, 0.25) is 0 Å². The molecular formula is C30H50O6. The van der Waals surface area contributed by atoms with Crippen LogP contribution in [-0.4, -0.2) is 50.6 Å². The van der Waals surface area contributed by atoms with E-state index in [-0.39, 0.29) is 36.3 Å². The van der Waals surface area contributed by atoms with Crippen LogP contribution in [0.3, 0.4) is 0 Å². The summed E-state index contributed by atoms with van der Waals surface area (Å²) in [6, 6.07) is 6.32. The van der Waals surface area contributed by atoms with E-state index in [0.717, 1.165) is 38.5 Å². The molecule has 6 heteroatoms. The molecule has 0 aliphatic carbocycles. The highest BCUT2D eigenvalue weighted by Crippen LogP contribution is 2.27. The van der Waals surface area contributed by atoms with Gasteiger partial charge in [0.05, 0.1) is 36.5 Å². The minimum absolute atomic E-state index is 0.0408. The average Bonchev–Trinajstić information content (AvgIpc) is 2.81. The third kappa shape index (κ3) is 12.4. The molecule has 0 fully saturated rings. The molecule has 1 rings (SSSR count). The van der Waals surface area contributed by atoms with Crippen LogP contribution < -0.4 is 0 Å². The van der Waals surface area contributed by atoms with Crippen molar-refractivity contribution in [1.29, 1.82) is 0 Å². The predicted molar refractivity (Wildman–Crippen MR) is 144 cm³/mol. The van der Waals surface area contributed by atoms with Gasteiger partial charge in [-0.05, 0) is 47.9 Å². The number of unbranched alkanes of at least 4 members (excludes halogenated alkanes) is 2. The molecule has 36 heavy (non-hydrogen) atoms. The van der Waals surface area contributed by atoms with E-state index in [4.69, 9.17) is 18.9 Å². The number of hydrogen-bond acceptors (Lipinski definition) is 6. The number of benzene rings is 1. The molecule has 2 unspecified atom stereocenters. The summed E-state index contributed by atoms with van der Waals surface area (Å²) in [4.78, 5) is 24.7. The number of hydrogen-bond donors (Lipinski definition) is 0. The fraction of sp³-hybridized carbons (Fsp3) is 0.733. The van der Waals surface area contributed by atoms with E-state index >= 15 is 0 Å². The largest absolute Gasteiger partial charge is 0.460 e. The van der Waals surface area contributed by atoms with E-state index in [9.17, 15) is 9.59 Å². The Balaban J connectivity index is 2.44. The summed E-state index contributed by atoms with van der Waals surface area (Å²) < 4.78 is 22.7. The Kier molecular flexibility index (Phi) is 14.3. The Bertz CT molecular complexity index is 692. The maximum Gasteiger partial charge on any atom is 0.338 e. The first kappa shape index (κ1) is 32.1. The number of carbonyl (C=O) groups excluding carboxylic acids is 2. The highest BCUT2D eigenvalue weighted by atomic mass is 16.6. The second-order valence-corrected chi connectivity index (χ2v) is 11.6. The van der Waals surface area contributed by atoms with Crippen molar-refractivity contribution in [3.63, 3.8) is 0 Å². The van der Waals surface area contributed by atoms with Crippen molar-refractivity contribution < 1.29 is 28.5 Å². The lowest BCUT2D eigenvalue weighted by Gasteiger charge is -2.30. The smallest absolute Gasteiger partial charge is 0.338 e. The lowest BCUT2D eigenvalue weighted by molar-refractivity contribution is -0.0419. The fourth-order valence-corrected chi connectivity index (χ4v) is 3.87. The molecule has 1 aromatic rings. The average molecular weight is 507 g/mol. The van der Waals surface area contributed by atoms with Crippen molar-refractivity contribution >= 4 is 11.9 Å². The predicted octanol–water partition coefficient (Wildman–Crippen LogP) is 7.24. The first-order valence-corrected chi connectivity index (χ1v) is 13.6. The molecule has 0 aliphatic rings. The zero-order chi connectivity index (χ0) is 27.2. The number of carbonyl (C=O) groups is 2. The molecule has 0 saturated carbocycles. The van der Waals surface area contributed by atoms with Gasteiger partial charge in [-0.1, -0.05) is 81.1 Å². The van der Waals surface area contributed by atoms with Crippen LogP contribution in [0.15, 0.2) is 24.3 Å². The third-order valence-corrected chi connectivity index (χ3v) is 6.20. The lowest BCUT2D eigenvalue weighted by atomic mass is 9.86. The molecule has 1 aromatic carbocycles. The van der Waals surface area contributed by atoms with Crippen LogP contribution in [0, 0.1) is 10.8 Å². The quantitative estimate of drug-likeness (QED) is 0.174. The van der Waals surface area contributed by atoms with Gasteiger partial charge in [-0.3, -0.25) is 0 Å². The molecule has 0 N–H and O–H groups in total. The van der Waals surface area contributed by atoms with Gasteiger partial charge in [-0.25, -0.2) is 9.59 Å². The molecule has 2 atom stereocenters. The fourth-order valence-electron chi connectivity index (χ4n) is 3.87. The van der Waals surface area contributed by atoms with E-state index in [1.54, 1.807) is 24.3 Å². The molecule has 0 heterocycles. The second-order valence-electron chi connectivity index (χ2n) is 11.6. The van der Waals surface area contributed by atoms with Gasteiger partial charge in [0.25, 0.3) is 0 Å². The van der Waals surface area contributed by atoms with E-state index in [2.05, 4.69) is 55.4 Å². The Morgan fingerprint density at radius 1 is 0.639 bits per heavy atom. The molecule has 0 saturated heterocycles. The van der Waals surface area contributed by atoms with Gasteiger partial charge in [-0.2, -0.15) is 0 Å². The molecule has 0 radical (unpaired) electrons. The molecule has 206 valence electrons. The zero-order valence-electron chi connectivity index (χ0n) is 24.0. The first-order valence-electron chi connectivity index (χ1n) is 13.6. The summed E-state index contributed by atoms with van der Waals surface area (Å²) >= 11 is 0. The molecular weight excluding hydrogens is 456 g/mol. The highest BCUT2D eigenvalue weighted by molar-refractivity contribution is 5.93. The standard InChI is InChI=1S/C30H50O6/c1-9-11-13-25(29(3,4)5)33-19-21-35-27(31)23-15-17-24(18-16-23)28(32)36-22-20-34-26(14-12-10-2)30(6,7)8/h15-18,25-26H,9-14,19-22H2,1-8H3. The molecule has 0 spiro atoms. The van der Waals surface area contributed by atoms with Crippen LogP contribution in [0.4, 0.5) is 0 Å². The second kappa shape index (κ2) is 16.0. The van der Waals surface area contributed by atoms with Crippen molar-refractivity contribution in [2.45, 2.75) is 106 Å². The third-order valence-electron chi connectivity index (χ3n) is 6.20. The van der Waals surface area contributed by atoms with Crippen LogP contribution in [-0.2, 0) is 18.9 Å². The Morgan fingerprint density at radius 2 is 0.972 bits per heavy atom. The van der Waals surface area contributed by atoms with Gasteiger partial charge in [0, 0.05) is 0 Å². The van der Waals surface area contributed by atoms with Crippen LogP contribution in [0.1, 0.15) is 115 Å². The zero-order valence-corrected chi connectivity index (χ0v) is 24.0. The maximum absolute atomic E-state index is 12.4. The lowest BCUT2D eigenvalue weighted by Crippen LogP contribution is -2.30. The molecule has 6 nitrogen and oxygen atoms in total. The number of esters is 2. The summed E-state index contributed by atoms with van der Waals surface area (Å²) in [5.74, 6) is -0.874. The summed E-state index contributed by atoms with van der Waals surface area (Å²) in [5, 5.41) is 0. The molecule has 0 aromatic heterocycles. The van der Waals surface area contributed by atoms with Crippen LogP contribution in [0.25, 0.3) is 0 Å². The van der Waals surface area contributed by atoms with Crippen molar-refractivity contribution in [1.82, 2.24) is 0 Å². The van der Waals surface area contributed by atoms with Crippen molar-refractivity contribution in [2.24, 2.45) is 10.8 Å². The monoisotopic (exact) mass is 506 g/mol. The van der Waals surface area contributed by atoms with Crippen molar-refractivity contribution in [3.05, 3.63) is 35.4 Å². The maximum atomic E-state index is 12.4. The van der Waals surface area contributed by atoms with Crippen molar-refractivity contribution in [2.75, 3.05) is 26.4 Å².